The highest BCUT2D eigenvalue weighted by atomic mass is 16.1. The van der Waals surface area contributed by atoms with E-state index in [-0.39, 0.29) is 5.41 Å². The van der Waals surface area contributed by atoms with Crippen molar-refractivity contribution >= 4 is 5.78 Å². The highest BCUT2D eigenvalue weighted by Crippen LogP contribution is 2.40. The number of hydrogen-bond acceptors (Lipinski definition) is 1. The van der Waals surface area contributed by atoms with E-state index in [4.69, 9.17) is 0 Å². The van der Waals surface area contributed by atoms with Gasteiger partial charge in [0, 0.05) is 11.0 Å². The fourth-order valence-corrected chi connectivity index (χ4v) is 2.61. The average molecular weight is 202 g/mol. The van der Waals surface area contributed by atoms with Crippen molar-refractivity contribution in [3.8, 4) is 0 Å². The predicted octanol–water partition coefficient (Wildman–Crippen LogP) is 3.46. The Bertz CT molecular complexity index is 431. The van der Waals surface area contributed by atoms with Crippen LogP contribution in [0, 0.1) is 19.3 Å². The molecule has 15 heavy (non-hydrogen) atoms. The number of carbonyl (C=O) groups excluding carboxylic acids is 1. The third kappa shape index (κ3) is 1.41. The van der Waals surface area contributed by atoms with Gasteiger partial charge in [0.1, 0.15) is 0 Å². The molecule has 0 aliphatic heterocycles. The lowest BCUT2D eigenvalue weighted by Crippen LogP contribution is -2.22. The van der Waals surface area contributed by atoms with Crippen LogP contribution in [0.5, 0.6) is 0 Å². The van der Waals surface area contributed by atoms with Crippen LogP contribution in [-0.4, -0.2) is 5.78 Å². The van der Waals surface area contributed by atoms with Crippen molar-refractivity contribution in [2.24, 2.45) is 5.41 Å². The smallest absolute Gasteiger partial charge is 0.169 e. The number of ketones is 1. The summed E-state index contributed by atoms with van der Waals surface area (Å²) in [5.41, 5.74) is 4.50. The number of rotatable bonds is 1. The van der Waals surface area contributed by atoms with E-state index >= 15 is 0 Å². The molecule has 0 bridgehead atoms. The number of benzene rings is 1. The first kappa shape index (κ1) is 10.4. The summed E-state index contributed by atoms with van der Waals surface area (Å²) in [6, 6.07) is 4.28. The molecule has 1 aromatic rings. The fraction of sp³-hybridized carbons (Fsp3) is 0.500. The molecule has 1 heteroatoms. The van der Waals surface area contributed by atoms with Gasteiger partial charge in [0.05, 0.1) is 0 Å². The highest BCUT2D eigenvalue weighted by molar-refractivity contribution is 6.05. The van der Waals surface area contributed by atoms with Crippen LogP contribution in [0.2, 0.25) is 0 Å². The third-order valence-corrected chi connectivity index (χ3v) is 3.70. The van der Waals surface area contributed by atoms with Crippen LogP contribution < -0.4 is 0 Å². The van der Waals surface area contributed by atoms with E-state index in [2.05, 4.69) is 32.9 Å². The molecule has 0 N–H and O–H groups in total. The van der Waals surface area contributed by atoms with E-state index in [0.717, 1.165) is 24.0 Å². The Hall–Kier alpha value is -1.11. The van der Waals surface area contributed by atoms with Crippen LogP contribution in [0.4, 0.5) is 0 Å². The van der Waals surface area contributed by atoms with Crippen LogP contribution >= 0.6 is 0 Å². The second kappa shape index (κ2) is 3.19. The molecule has 1 nitrogen and oxygen atoms in total. The fourth-order valence-electron chi connectivity index (χ4n) is 2.61. The molecule has 0 aromatic heterocycles. The molecule has 1 aliphatic carbocycles. The third-order valence-electron chi connectivity index (χ3n) is 3.70. The molecule has 0 saturated carbocycles. The molecule has 0 heterocycles. The minimum Gasteiger partial charge on any atom is -0.294 e. The van der Waals surface area contributed by atoms with Crippen LogP contribution in [0.1, 0.15) is 47.3 Å². The largest absolute Gasteiger partial charge is 0.294 e. The number of Topliss-reactive ketones (excluding diaryl/α,β-unsaturated/α-hetero) is 1. The summed E-state index contributed by atoms with van der Waals surface area (Å²) < 4.78 is 0. The Morgan fingerprint density at radius 3 is 2.60 bits per heavy atom. The van der Waals surface area contributed by atoms with E-state index in [9.17, 15) is 4.79 Å². The lowest BCUT2D eigenvalue weighted by Gasteiger charge is -2.18. The number of hydrogen-bond donors (Lipinski definition) is 0. The standard InChI is InChI=1S/C14H18O/c1-5-14(4)8-11-7-9(2)6-10(3)12(11)13(14)15/h6-7H,5,8H2,1-4H3. The summed E-state index contributed by atoms with van der Waals surface area (Å²) in [6.45, 7) is 8.33. The molecular weight excluding hydrogens is 184 g/mol. The molecule has 2 rings (SSSR count). The van der Waals surface area contributed by atoms with Crippen LogP contribution in [0.3, 0.4) is 0 Å². The first-order valence-electron chi connectivity index (χ1n) is 5.63. The van der Waals surface area contributed by atoms with Gasteiger partial charge in [-0.3, -0.25) is 4.79 Å². The number of aryl methyl sites for hydroxylation is 2. The van der Waals surface area contributed by atoms with Crippen molar-refractivity contribution in [2.45, 2.75) is 40.5 Å². The number of fused-ring (bicyclic) bond motifs is 1. The zero-order valence-corrected chi connectivity index (χ0v) is 9.98. The molecule has 0 spiro atoms. The van der Waals surface area contributed by atoms with Gasteiger partial charge in [0.25, 0.3) is 0 Å². The van der Waals surface area contributed by atoms with Gasteiger partial charge in [-0.25, -0.2) is 0 Å². The quantitative estimate of drug-likeness (QED) is 0.681. The molecule has 1 aromatic carbocycles. The lowest BCUT2D eigenvalue weighted by atomic mass is 9.83. The van der Waals surface area contributed by atoms with E-state index in [1.807, 2.05) is 6.92 Å². The molecular formula is C14H18O. The zero-order chi connectivity index (χ0) is 11.2. The first-order chi connectivity index (χ1) is 6.98. The molecule has 80 valence electrons. The van der Waals surface area contributed by atoms with Gasteiger partial charge in [-0.1, -0.05) is 31.5 Å². The topological polar surface area (TPSA) is 17.1 Å². The number of carbonyl (C=O) groups is 1. The van der Waals surface area contributed by atoms with Gasteiger partial charge in [-0.15, -0.1) is 0 Å². The highest BCUT2D eigenvalue weighted by Gasteiger charge is 2.40. The van der Waals surface area contributed by atoms with Crippen molar-refractivity contribution in [1.29, 1.82) is 0 Å². The summed E-state index contributed by atoms with van der Waals surface area (Å²) in [4.78, 5) is 12.3. The summed E-state index contributed by atoms with van der Waals surface area (Å²) in [5, 5.41) is 0. The van der Waals surface area contributed by atoms with E-state index < -0.39 is 0 Å². The summed E-state index contributed by atoms with van der Waals surface area (Å²) in [7, 11) is 0. The molecule has 0 saturated heterocycles. The Labute approximate surface area is 91.5 Å². The normalized spacial score (nSPS) is 24.4. The van der Waals surface area contributed by atoms with Crippen LogP contribution in [0.15, 0.2) is 12.1 Å². The molecule has 0 radical (unpaired) electrons. The van der Waals surface area contributed by atoms with Gasteiger partial charge in [0.2, 0.25) is 0 Å². The minimum atomic E-state index is -0.152. The van der Waals surface area contributed by atoms with E-state index in [1.165, 1.54) is 11.1 Å². The van der Waals surface area contributed by atoms with Gasteiger partial charge >= 0.3 is 0 Å². The Morgan fingerprint density at radius 2 is 2.00 bits per heavy atom. The average Bonchev–Trinajstić information content (AvgIpc) is 2.39. The monoisotopic (exact) mass is 202 g/mol. The second-order valence-electron chi connectivity index (χ2n) is 5.04. The van der Waals surface area contributed by atoms with Crippen molar-refractivity contribution in [3.05, 3.63) is 34.4 Å². The van der Waals surface area contributed by atoms with Gasteiger partial charge in [0.15, 0.2) is 5.78 Å². The van der Waals surface area contributed by atoms with Gasteiger partial charge in [-0.2, -0.15) is 0 Å². The van der Waals surface area contributed by atoms with Crippen molar-refractivity contribution < 1.29 is 4.79 Å². The van der Waals surface area contributed by atoms with E-state index in [0.29, 0.717) is 5.78 Å². The molecule has 1 atom stereocenters. The zero-order valence-electron chi connectivity index (χ0n) is 9.98. The Kier molecular flexibility index (Phi) is 2.22. The second-order valence-corrected chi connectivity index (χ2v) is 5.04. The Balaban J connectivity index is 2.60. The van der Waals surface area contributed by atoms with Gasteiger partial charge in [-0.05, 0) is 37.8 Å². The van der Waals surface area contributed by atoms with Crippen molar-refractivity contribution in [2.75, 3.05) is 0 Å². The maximum atomic E-state index is 12.3. The van der Waals surface area contributed by atoms with Crippen molar-refractivity contribution in [1.82, 2.24) is 0 Å². The molecule has 1 unspecified atom stereocenters. The minimum absolute atomic E-state index is 0.152. The van der Waals surface area contributed by atoms with Crippen molar-refractivity contribution in [3.63, 3.8) is 0 Å². The Morgan fingerprint density at radius 1 is 1.33 bits per heavy atom. The summed E-state index contributed by atoms with van der Waals surface area (Å²) in [6.07, 6.45) is 1.85. The molecule has 0 amide bonds. The van der Waals surface area contributed by atoms with Crippen LogP contribution in [-0.2, 0) is 6.42 Å². The van der Waals surface area contributed by atoms with Gasteiger partial charge < -0.3 is 0 Å². The lowest BCUT2D eigenvalue weighted by molar-refractivity contribution is 0.0836. The molecule has 1 aliphatic rings. The summed E-state index contributed by atoms with van der Waals surface area (Å²) >= 11 is 0. The maximum Gasteiger partial charge on any atom is 0.169 e. The maximum absolute atomic E-state index is 12.3. The first-order valence-corrected chi connectivity index (χ1v) is 5.63. The summed E-state index contributed by atoms with van der Waals surface area (Å²) in [5.74, 6) is 0.345. The van der Waals surface area contributed by atoms with Crippen LogP contribution in [0.25, 0.3) is 0 Å². The van der Waals surface area contributed by atoms with E-state index in [1.54, 1.807) is 0 Å². The molecule has 0 fully saturated rings. The SMILES string of the molecule is CCC1(C)Cc2cc(C)cc(C)c2C1=O. The predicted molar refractivity (Wildman–Crippen MR) is 62.3 cm³/mol.